The molecule has 2 aromatic heterocycles. The first-order chi connectivity index (χ1) is 14.2. The SMILES string of the molecule is Cc1nc(Cn2c(Cc3ccc(S(C)(=O)=O)cc3)nc3ccc(C#N)cc32)c(Cl)s1. The highest BCUT2D eigenvalue weighted by Gasteiger charge is 2.16. The van der Waals surface area contributed by atoms with Crippen LogP contribution in [0.1, 0.15) is 27.7 Å². The minimum Gasteiger partial charge on any atom is -0.321 e. The van der Waals surface area contributed by atoms with E-state index in [0.717, 1.165) is 33.1 Å². The van der Waals surface area contributed by atoms with Crippen molar-refractivity contribution in [2.75, 3.05) is 6.26 Å². The Hall–Kier alpha value is -2.73. The van der Waals surface area contributed by atoms with E-state index in [-0.39, 0.29) is 4.90 Å². The highest BCUT2D eigenvalue weighted by atomic mass is 35.5. The van der Waals surface area contributed by atoms with Gasteiger partial charge < -0.3 is 4.57 Å². The first-order valence-corrected chi connectivity index (χ1v) is 12.1. The number of benzene rings is 2. The third-order valence-electron chi connectivity index (χ3n) is 4.73. The lowest BCUT2D eigenvalue weighted by atomic mass is 10.1. The number of rotatable bonds is 5. The van der Waals surface area contributed by atoms with Crippen LogP contribution in [0.5, 0.6) is 0 Å². The summed E-state index contributed by atoms with van der Waals surface area (Å²) in [5.41, 5.74) is 3.85. The van der Waals surface area contributed by atoms with Crippen molar-refractivity contribution in [3.05, 3.63) is 74.5 Å². The molecule has 0 saturated heterocycles. The van der Waals surface area contributed by atoms with Crippen LogP contribution in [0.15, 0.2) is 47.4 Å². The van der Waals surface area contributed by atoms with Crippen LogP contribution in [0.25, 0.3) is 11.0 Å². The third kappa shape index (κ3) is 4.10. The Balaban J connectivity index is 1.78. The lowest BCUT2D eigenvalue weighted by Crippen LogP contribution is -2.07. The van der Waals surface area contributed by atoms with Crippen LogP contribution in [0.2, 0.25) is 4.34 Å². The molecular weight excluding hydrogens is 440 g/mol. The number of aryl methyl sites for hydroxylation is 1. The molecule has 0 aliphatic rings. The molecule has 0 unspecified atom stereocenters. The van der Waals surface area contributed by atoms with Gasteiger partial charge in [0.2, 0.25) is 0 Å². The Kier molecular flexibility index (Phi) is 5.36. The molecule has 9 heteroatoms. The van der Waals surface area contributed by atoms with Gasteiger partial charge in [-0.25, -0.2) is 18.4 Å². The van der Waals surface area contributed by atoms with Crippen LogP contribution in [0.3, 0.4) is 0 Å². The Labute approximate surface area is 183 Å². The average Bonchev–Trinajstić information content (AvgIpc) is 3.20. The van der Waals surface area contributed by atoms with Crippen molar-refractivity contribution in [3.63, 3.8) is 0 Å². The van der Waals surface area contributed by atoms with Gasteiger partial charge in [-0.3, -0.25) is 0 Å². The minimum atomic E-state index is -3.25. The molecule has 0 N–H and O–H groups in total. The van der Waals surface area contributed by atoms with Crippen molar-refractivity contribution in [2.24, 2.45) is 0 Å². The van der Waals surface area contributed by atoms with E-state index in [1.807, 2.05) is 23.6 Å². The lowest BCUT2D eigenvalue weighted by Gasteiger charge is -2.09. The monoisotopic (exact) mass is 456 g/mol. The summed E-state index contributed by atoms with van der Waals surface area (Å²) in [5, 5.41) is 10.2. The molecule has 6 nitrogen and oxygen atoms in total. The van der Waals surface area contributed by atoms with Crippen molar-refractivity contribution < 1.29 is 8.42 Å². The number of hydrogen-bond acceptors (Lipinski definition) is 6. The average molecular weight is 457 g/mol. The lowest BCUT2D eigenvalue weighted by molar-refractivity contribution is 0.602. The van der Waals surface area contributed by atoms with E-state index in [1.165, 1.54) is 17.6 Å². The molecule has 4 aromatic rings. The van der Waals surface area contributed by atoms with Gasteiger partial charge in [-0.2, -0.15) is 5.26 Å². The number of fused-ring (bicyclic) bond motifs is 1. The van der Waals surface area contributed by atoms with Gasteiger partial charge in [0.25, 0.3) is 0 Å². The summed E-state index contributed by atoms with van der Waals surface area (Å²) in [6, 6.07) is 14.3. The zero-order chi connectivity index (χ0) is 21.5. The Morgan fingerprint density at radius 3 is 2.50 bits per heavy atom. The highest BCUT2D eigenvalue weighted by Crippen LogP contribution is 2.27. The van der Waals surface area contributed by atoms with Crippen LogP contribution in [-0.4, -0.2) is 29.2 Å². The van der Waals surface area contributed by atoms with E-state index in [1.54, 1.807) is 30.3 Å². The molecule has 4 rings (SSSR count). The van der Waals surface area contributed by atoms with Gasteiger partial charge in [-0.1, -0.05) is 23.7 Å². The van der Waals surface area contributed by atoms with Gasteiger partial charge in [-0.05, 0) is 42.8 Å². The van der Waals surface area contributed by atoms with Gasteiger partial charge in [0, 0.05) is 12.7 Å². The molecule has 0 fully saturated rings. The fourth-order valence-electron chi connectivity index (χ4n) is 3.28. The minimum absolute atomic E-state index is 0.281. The number of nitrogens with zero attached hydrogens (tertiary/aromatic N) is 4. The summed E-state index contributed by atoms with van der Waals surface area (Å²) in [6.07, 6.45) is 1.69. The van der Waals surface area contributed by atoms with Crippen molar-refractivity contribution in [2.45, 2.75) is 24.8 Å². The number of sulfone groups is 1. The van der Waals surface area contributed by atoms with E-state index in [9.17, 15) is 13.7 Å². The normalized spacial score (nSPS) is 11.7. The van der Waals surface area contributed by atoms with Crippen LogP contribution in [0, 0.1) is 18.3 Å². The molecule has 2 heterocycles. The first kappa shape index (κ1) is 20.5. The molecular formula is C21H17ClN4O2S2. The molecule has 0 radical (unpaired) electrons. The largest absolute Gasteiger partial charge is 0.321 e. The highest BCUT2D eigenvalue weighted by molar-refractivity contribution is 7.90. The summed E-state index contributed by atoms with van der Waals surface area (Å²) >= 11 is 7.79. The van der Waals surface area contributed by atoms with E-state index >= 15 is 0 Å². The number of aromatic nitrogens is 3. The maximum Gasteiger partial charge on any atom is 0.175 e. The fraction of sp³-hybridized carbons (Fsp3) is 0.190. The van der Waals surface area contributed by atoms with Gasteiger partial charge >= 0.3 is 0 Å². The second-order valence-corrected chi connectivity index (χ2v) is 10.8. The second kappa shape index (κ2) is 7.84. The standard InChI is InChI=1S/C21H17ClN4O2S2/c1-13-24-18(21(22)29-13)12-26-19-9-15(11-23)5-8-17(19)25-20(26)10-14-3-6-16(7-4-14)30(2,27)28/h3-9H,10,12H2,1-2H3. The van der Waals surface area contributed by atoms with E-state index in [4.69, 9.17) is 16.6 Å². The van der Waals surface area contributed by atoms with Gasteiger partial charge in [0.05, 0.1) is 44.8 Å². The van der Waals surface area contributed by atoms with E-state index < -0.39 is 9.84 Å². The smallest absolute Gasteiger partial charge is 0.175 e. The maximum atomic E-state index is 11.7. The van der Waals surface area contributed by atoms with E-state index in [0.29, 0.717) is 22.9 Å². The van der Waals surface area contributed by atoms with Crippen LogP contribution < -0.4 is 0 Å². The Bertz CT molecular complexity index is 1400. The van der Waals surface area contributed by atoms with E-state index in [2.05, 4.69) is 11.1 Å². The second-order valence-electron chi connectivity index (χ2n) is 6.98. The molecule has 0 aliphatic heterocycles. The van der Waals surface area contributed by atoms with Crippen molar-refractivity contribution >= 4 is 43.8 Å². The number of halogens is 1. The van der Waals surface area contributed by atoms with Crippen molar-refractivity contribution in [3.8, 4) is 6.07 Å². The summed E-state index contributed by atoms with van der Waals surface area (Å²) < 4.78 is 26.1. The molecule has 30 heavy (non-hydrogen) atoms. The Morgan fingerprint density at radius 2 is 1.90 bits per heavy atom. The molecule has 0 saturated carbocycles. The van der Waals surface area contributed by atoms with Gasteiger partial charge in [-0.15, -0.1) is 11.3 Å². The number of thiazole rings is 1. The zero-order valence-electron chi connectivity index (χ0n) is 16.3. The molecule has 0 amide bonds. The van der Waals surface area contributed by atoms with Crippen LogP contribution >= 0.6 is 22.9 Å². The topological polar surface area (TPSA) is 88.6 Å². The molecule has 152 valence electrons. The summed E-state index contributed by atoms with van der Waals surface area (Å²) in [6.45, 7) is 2.34. The maximum absolute atomic E-state index is 11.7. The third-order valence-corrected chi connectivity index (χ3v) is 7.11. The van der Waals surface area contributed by atoms with Crippen LogP contribution in [-0.2, 0) is 22.8 Å². The molecule has 0 atom stereocenters. The quantitative estimate of drug-likeness (QED) is 0.445. The van der Waals surface area contributed by atoms with Gasteiger partial charge in [0.1, 0.15) is 10.2 Å². The number of hydrogen-bond donors (Lipinski definition) is 0. The summed E-state index contributed by atoms with van der Waals surface area (Å²) in [5.74, 6) is 0.786. The van der Waals surface area contributed by atoms with Crippen molar-refractivity contribution in [1.29, 1.82) is 5.26 Å². The fourth-order valence-corrected chi connectivity index (χ4v) is 4.99. The number of imidazole rings is 1. The predicted molar refractivity (Wildman–Crippen MR) is 118 cm³/mol. The predicted octanol–water partition coefficient (Wildman–Crippen LogP) is 4.37. The molecule has 0 aliphatic carbocycles. The first-order valence-electron chi connectivity index (χ1n) is 9.04. The zero-order valence-corrected chi connectivity index (χ0v) is 18.6. The Morgan fingerprint density at radius 1 is 1.17 bits per heavy atom. The van der Waals surface area contributed by atoms with Crippen molar-refractivity contribution in [1.82, 2.24) is 14.5 Å². The van der Waals surface area contributed by atoms with Crippen LogP contribution in [0.4, 0.5) is 0 Å². The summed E-state index contributed by atoms with van der Waals surface area (Å²) in [7, 11) is -3.25. The molecule has 2 aromatic carbocycles. The molecule has 0 spiro atoms. The number of nitriles is 1. The summed E-state index contributed by atoms with van der Waals surface area (Å²) in [4.78, 5) is 9.56. The molecule has 0 bridgehead atoms. The van der Waals surface area contributed by atoms with Gasteiger partial charge in [0.15, 0.2) is 9.84 Å².